The number of ketones is 4. The zero-order chi connectivity index (χ0) is 33.0. The van der Waals surface area contributed by atoms with Crippen molar-refractivity contribution in [1.29, 1.82) is 0 Å². The van der Waals surface area contributed by atoms with E-state index in [1.54, 1.807) is 0 Å². The highest BCUT2D eigenvalue weighted by atomic mass is 16.5. The van der Waals surface area contributed by atoms with E-state index in [1.807, 2.05) is 0 Å². The summed E-state index contributed by atoms with van der Waals surface area (Å²) in [6, 6.07) is 4.63. The molecule has 0 saturated heterocycles. The van der Waals surface area contributed by atoms with Gasteiger partial charge in [-0.3, -0.25) is 19.2 Å². The summed E-state index contributed by atoms with van der Waals surface area (Å²) in [6.07, 6.45) is -6.36. The summed E-state index contributed by atoms with van der Waals surface area (Å²) in [5.41, 5.74) is -7.21. The lowest BCUT2D eigenvalue weighted by Crippen LogP contribution is -2.61. The van der Waals surface area contributed by atoms with Crippen LogP contribution in [0, 0.1) is 6.92 Å². The lowest BCUT2D eigenvalue weighted by Gasteiger charge is -2.43. The Balaban J connectivity index is 1.66. The molecule has 0 amide bonds. The van der Waals surface area contributed by atoms with Crippen LogP contribution in [0.5, 0.6) is 28.7 Å². The van der Waals surface area contributed by atoms with Crippen molar-refractivity contribution in [3.63, 3.8) is 0 Å². The smallest absolute Gasteiger partial charge is 0.199 e. The Morgan fingerprint density at radius 3 is 1.91 bits per heavy atom. The van der Waals surface area contributed by atoms with Crippen LogP contribution in [0.3, 0.4) is 0 Å². The quantitative estimate of drug-likeness (QED) is 0.171. The number of carbonyl (C=O) groups is 4. The molecule has 7 N–H and O–H groups in total. The van der Waals surface area contributed by atoms with E-state index in [9.17, 15) is 54.9 Å². The molecule has 0 aliphatic heterocycles. The van der Waals surface area contributed by atoms with Gasteiger partial charge in [0.25, 0.3) is 0 Å². The molecule has 3 aromatic rings. The summed E-state index contributed by atoms with van der Waals surface area (Å²) in [5, 5.41) is 76.3. The molecule has 3 aromatic carbocycles. The maximum atomic E-state index is 14.0. The first-order valence-corrected chi connectivity index (χ1v) is 13.5. The maximum Gasteiger partial charge on any atom is 0.199 e. The van der Waals surface area contributed by atoms with Gasteiger partial charge < -0.3 is 45.2 Å². The highest BCUT2D eigenvalue weighted by Crippen LogP contribution is 2.53. The number of hydrogen-bond donors (Lipinski definition) is 7. The number of hydrogen-bond acceptors (Lipinski definition) is 13. The highest BCUT2D eigenvalue weighted by molar-refractivity contribution is 6.33. The zero-order valence-electron chi connectivity index (χ0n) is 24.1. The molecule has 0 bridgehead atoms. The predicted octanol–water partition coefficient (Wildman–Crippen LogP) is 1.09. The van der Waals surface area contributed by atoms with Crippen LogP contribution in [0.1, 0.15) is 65.0 Å². The van der Waals surface area contributed by atoms with Gasteiger partial charge in [-0.1, -0.05) is 0 Å². The second-order valence-electron chi connectivity index (χ2n) is 11.3. The monoisotopic (exact) mass is 618 g/mol. The number of Topliss-reactive ketones (excluding diaryl/α,β-unsaturated/α-hetero) is 2. The number of phenolic OH excluding ortho intramolecular Hbond substituents is 3. The largest absolute Gasteiger partial charge is 0.507 e. The third kappa shape index (κ3) is 3.75. The van der Waals surface area contributed by atoms with Crippen molar-refractivity contribution in [2.24, 2.45) is 0 Å². The van der Waals surface area contributed by atoms with Gasteiger partial charge in [0.05, 0.1) is 30.9 Å². The Hall–Kier alpha value is -5.08. The van der Waals surface area contributed by atoms with Crippen molar-refractivity contribution < 1.29 is 64.4 Å². The van der Waals surface area contributed by atoms with E-state index in [-0.39, 0.29) is 28.2 Å². The first-order chi connectivity index (χ1) is 21.1. The minimum Gasteiger partial charge on any atom is -0.507 e. The number of rotatable bonds is 3. The number of aromatic hydroxyl groups is 3. The molecule has 4 atom stereocenters. The second-order valence-corrected chi connectivity index (χ2v) is 11.3. The van der Waals surface area contributed by atoms with Crippen molar-refractivity contribution in [3.8, 4) is 39.9 Å². The number of aliphatic hydroxyl groups excluding tert-OH is 3. The summed E-state index contributed by atoms with van der Waals surface area (Å²) < 4.78 is 10.5. The molecular formula is C32H26O13. The van der Waals surface area contributed by atoms with E-state index in [4.69, 9.17) is 9.47 Å². The normalized spacial score (nSPS) is 23.8. The molecule has 6 rings (SSSR count). The Kier molecular flexibility index (Phi) is 6.47. The van der Waals surface area contributed by atoms with Crippen LogP contribution < -0.4 is 9.47 Å². The lowest BCUT2D eigenvalue weighted by atomic mass is 9.67. The zero-order valence-corrected chi connectivity index (χ0v) is 24.1. The van der Waals surface area contributed by atoms with Crippen molar-refractivity contribution in [1.82, 2.24) is 0 Å². The standard InChI is InChI=1S/C32H26O13/c1-9-5-11-17(26(37)16-12(24(11)35)6-10(44-3)7-14(16)33)20(23(9)34)19-15(45-4)8-13-18(27(19)38)28(39)21-22(25(13)36)30(41)32(2,43)31(42)29(21)40/h5-8,29-31,33-34,38,40-43H,1-4H3/t29-,30+,31+,32-/m0/s1. The second kappa shape index (κ2) is 9.71. The number of aryl methyl sites for hydroxylation is 1. The molecule has 232 valence electrons. The first-order valence-electron chi connectivity index (χ1n) is 13.5. The van der Waals surface area contributed by atoms with Crippen molar-refractivity contribution in [3.05, 3.63) is 74.4 Å². The molecule has 13 nitrogen and oxygen atoms in total. The van der Waals surface area contributed by atoms with E-state index < -0.39 is 109 Å². The molecule has 13 heteroatoms. The third-order valence-corrected chi connectivity index (χ3v) is 8.77. The Labute approximate surface area is 253 Å². The van der Waals surface area contributed by atoms with Gasteiger partial charge in [-0.2, -0.15) is 0 Å². The number of benzene rings is 3. The van der Waals surface area contributed by atoms with Crippen LogP contribution in [0.25, 0.3) is 11.1 Å². The van der Waals surface area contributed by atoms with Crippen molar-refractivity contribution >= 4 is 23.1 Å². The number of aliphatic hydroxyl groups is 4. The fourth-order valence-electron chi connectivity index (χ4n) is 6.35. The Morgan fingerprint density at radius 2 is 1.29 bits per heavy atom. The number of fused-ring (bicyclic) bond motifs is 3. The molecule has 0 fully saturated rings. The summed E-state index contributed by atoms with van der Waals surface area (Å²) in [7, 11) is 2.43. The van der Waals surface area contributed by atoms with Crippen LogP contribution in [-0.4, -0.2) is 97.0 Å². The van der Waals surface area contributed by atoms with Crippen molar-refractivity contribution in [2.75, 3.05) is 14.2 Å². The number of phenols is 3. The molecule has 0 heterocycles. The highest BCUT2D eigenvalue weighted by Gasteiger charge is 2.56. The van der Waals surface area contributed by atoms with Gasteiger partial charge >= 0.3 is 0 Å². The molecule has 0 spiro atoms. The Morgan fingerprint density at radius 1 is 0.667 bits per heavy atom. The van der Waals surface area contributed by atoms with E-state index in [0.717, 1.165) is 26.2 Å². The van der Waals surface area contributed by atoms with E-state index in [2.05, 4.69) is 0 Å². The van der Waals surface area contributed by atoms with E-state index in [0.29, 0.717) is 0 Å². The average molecular weight is 619 g/mol. The topological polar surface area (TPSA) is 228 Å². The van der Waals surface area contributed by atoms with Crippen LogP contribution >= 0.6 is 0 Å². The molecule has 0 radical (unpaired) electrons. The fourth-order valence-corrected chi connectivity index (χ4v) is 6.35. The summed E-state index contributed by atoms with van der Waals surface area (Å²) >= 11 is 0. The van der Waals surface area contributed by atoms with Gasteiger partial charge in [-0.05, 0) is 37.6 Å². The average Bonchev–Trinajstić information content (AvgIpc) is 3.00. The minimum absolute atomic E-state index is 0.0724. The van der Waals surface area contributed by atoms with Gasteiger partial charge in [-0.15, -0.1) is 0 Å². The number of carbonyl (C=O) groups excluding carboxylic acids is 4. The molecule has 45 heavy (non-hydrogen) atoms. The van der Waals surface area contributed by atoms with Gasteiger partial charge in [0, 0.05) is 45.0 Å². The van der Waals surface area contributed by atoms with Crippen LogP contribution in [0.2, 0.25) is 0 Å². The minimum atomic E-state index is -2.43. The molecule has 3 aliphatic rings. The van der Waals surface area contributed by atoms with Crippen LogP contribution in [-0.2, 0) is 0 Å². The first kappa shape index (κ1) is 30.0. The van der Waals surface area contributed by atoms with Crippen molar-refractivity contribution in [2.45, 2.75) is 37.8 Å². The van der Waals surface area contributed by atoms with Gasteiger partial charge in [0.1, 0.15) is 52.7 Å². The maximum absolute atomic E-state index is 14.0. The number of ether oxygens (including phenoxy) is 2. The van der Waals surface area contributed by atoms with Gasteiger partial charge in [0.2, 0.25) is 0 Å². The van der Waals surface area contributed by atoms with E-state index >= 15 is 0 Å². The molecule has 0 unspecified atom stereocenters. The van der Waals surface area contributed by atoms with Crippen LogP contribution in [0.15, 0.2) is 35.4 Å². The molecule has 0 aromatic heterocycles. The SMILES string of the molecule is COc1cc(O)c2c(c1)C(=O)c1cc(C)c(O)c(-c3c(OC)cc4c(c3O)C(=O)C3=C(C4=O)[C@@H](O)[C@](C)(O)[C@H](O)[C@H]3O)c1C2=O. The lowest BCUT2D eigenvalue weighted by molar-refractivity contribution is -0.158. The van der Waals surface area contributed by atoms with Gasteiger partial charge in [0.15, 0.2) is 23.1 Å². The van der Waals surface area contributed by atoms with Gasteiger partial charge in [-0.25, -0.2) is 0 Å². The summed E-state index contributed by atoms with van der Waals surface area (Å²) in [5.74, 6) is -6.36. The molecule has 3 aliphatic carbocycles. The van der Waals surface area contributed by atoms with Crippen LogP contribution in [0.4, 0.5) is 0 Å². The third-order valence-electron chi connectivity index (χ3n) is 8.77. The fraction of sp³-hybridized carbons (Fsp3) is 0.250. The Bertz CT molecular complexity index is 1970. The summed E-state index contributed by atoms with van der Waals surface area (Å²) in [6.45, 7) is 2.38. The predicted molar refractivity (Wildman–Crippen MR) is 152 cm³/mol. The molecule has 0 saturated carbocycles. The molecular weight excluding hydrogens is 592 g/mol. The van der Waals surface area contributed by atoms with E-state index in [1.165, 1.54) is 26.2 Å². The number of methoxy groups -OCH3 is 2. The summed E-state index contributed by atoms with van der Waals surface area (Å²) in [4.78, 5) is 55.2.